The molecule has 3 rings (SSSR count). The number of nitrogens with zero attached hydrogens (tertiary/aromatic N) is 1. The van der Waals surface area contributed by atoms with Gasteiger partial charge in [0.1, 0.15) is 0 Å². The highest BCUT2D eigenvalue weighted by Gasteiger charge is 2.33. The topological polar surface area (TPSA) is 32.3 Å². The molecule has 0 radical (unpaired) electrons. The largest absolute Gasteiger partial charge is 0.345 e. The van der Waals surface area contributed by atoms with Gasteiger partial charge >= 0.3 is 0 Å². The molecule has 3 heteroatoms. The summed E-state index contributed by atoms with van der Waals surface area (Å²) >= 11 is 0. The van der Waals surface area contributed by atoms with E-state index in [2.05, 4.69) is 23.5 Å². The van der Waals surface area contributed by atoms with Crippen molar-refractivity contribution < 1.29 is 4.79 Å². The zero-order chi connectivity index (χ0) is 13.9. The molecule has 1 saturated heterocycles. The number of carbonyl (C=O) groups is 1. The van der Waals surface area contributed by atoms with Gasteiger partial charge in [0.05, 0.1) is 5.92 Å². The number of benzene rings is 1. The first-order valence-electron chi connectivity index (χ1n) is 7.79. The summed E-state index contributed by atoms with van der Waals surface area (Å²) in [5, 5.41) is 3.39. The summed E-state index contributed by atoms with van der Waals surface area (Å²) in [6.07, 6.45) is 4.59. The zero-order valence-electron chi connectivity index (χ0n) is 12.3. The number of nitrogens with one attached hydrogen (secondary N) is 1. The molecular weight excluding hydrogens is 248 g/mol. The Morgan fingerprint density at radius 2 is 2.05 bits per heavy atom. The van der Waals surface area contributed by atoms with Crippen molar-refractivity contribution in [2.24, 2.45) is 5.92 Å². The van der Waals surface area contributed by atoms with Crippen molar-refractivity contribution in [2.75, 3.05) is 26.7 Å². The smallest absolute Gasteiger partial charge is 0.230 e. The van der Waals surface area contributed by atoms with E-state index < -0.39 is 0 Å². The molecule has 1 atom stereocenters. The number of hydrogen-bond acceptors (Lipinski definition) is 2. The summed E-state index contributed by atoms with van der Waals surface area (Å²) in [5.74, 6) is 1.21. The molecule has 1 aromatic rings. The van der Waals surface area contributed by atoms with E-state index in [1.807, 2.05) is 18.0 Å². The minimum atomic E-state index is 0.115. The van der Waals surface area contributed by atoms with Crippen LogP contribution >= 0.6 is 0 Å². The van der Waals surface area contributed by atoms with Crippen molar-refractivity contribution in [2.45, 2.75) is 31.6 Å². The van der Waals surface area contributed by atoms with Crippen LogP contribution in [-0.4, -0.2) is 37.5 Å². The average Bonchev–Trinajstić information content (AvgIpc) is 2.47. The van der Waals surface area contributed by atoms with Crippen LogP contribution in [0, 0.1) is 5.92 Å². The molecule has 0 spiro atoms. The van der Waals surface area contributed by atoms with Crippen molar-refractivity contribution in [3.05, 3.63) is 35.4 Å². The van der Waals surface area contributed by atoms with Gasteiger partial charge in [-0.3, -0.25) is 4.79 Å². The highest BCUT2D eigenvalue weighted by Crippen LogP contribution is 2.36. The minimum Gasteiger partial charge on any atom is -0.345 e. The monoisotopic (exact) mass is 272 g/mol. The highest BCUT2D eigenvalue weighted by atomic mass is 16.2. The Labute approximate surface area is 121 Å². The Morgan fingerprint density at radius 1 is 1.30 bits per heavy atom. The molecular formula is C17H24N2O. The van der Waals surface area contributed by atoms with E-state index in [1.165, 1.54) is 24.0 Å². The van der Waals surface area contributed by atoms with E-state index >= 15 is 0 Å². The van der Waals surface area contributed by atoms with Crippen LogP contribution in [0.1, 0.15) is 36.3 Å². The lowest BCUT2D eigenvalue weighted by Gasteiger charge is -2.33. The van der Waals surface area contributed by atoms with Crippen molar-refractivity contribution in [1.82, 2.24) is 10.2 Å². The van der Waals surface area contributed by atoms with E-state index in [-0.39, 0.29) is 5.92 Å². The highest BCUT2D eigenvalue weighted by molar-refractivity contribution is 5.86. The van der Waals surface area contributed by atoms with Crippen molar-refractivity contribution >= 4 is 5.91 Å². The van der Waals surface area contributed by atoms with E-state index in [1.54, 1.807) is 0 Å². The van der Waals surface area contributed by atoms with Crippen LogP contribution in [0.2, 0.25) is 0 Å². The Hall–Kier alpha value is -1.35. The van der Waals surface area contributed by atoms with Gasteiger partial charge in [-0.05, 0) is 55.8 Å². The predicted octanol–water partition coefficient (Wildman–Crippen LogP) is 2.17. The summed E-state index contributed by atoms with van der Waals surface area (Å²) in [6.45, 7) is 3.18. The fourth-order valence-corrected chi connectivity index (χ4v) is 3.40. The van der Waals surface area contributed by atoms with Gasteiger partial charge in [-0.15, -0.1) is 0 Å². The number of fused-ring (bicyclic) bond motifs is 1. The normalized spacial score (nSPS) is 21.9. The third-order valence-electron chi connectivity index (χ3n) is 4.86. The van der Waals surface area contributed by atoms with Crippen LogP contribution in [0.5, 0.6) is 0 Å². The molecule has 2 aliphatic rings. The average molecular weight is 272 g/mol. The van der Waals surface area contributed by atoms with E-state index in [9.17, 15) is 4.79 Å². The maximum atomic E-state index is 12.5. The van der Waals surface area contributed by atoms with Gasteiger partial charge in [0.15, 0.2) is 0 Å². The Balaban J connectivity index is 1.50. The number of likely N-dealkylation sites (N-methyl/N-ethyl adjacent to an activating group) is 1. The predicted molar refractivity (Wildman–Crippen MR) is 80.7 cm³/mol. The molecule has 1 aliphatic carbocycles. The molecule has 1 unspecified atom stereocenters. The Bertz CT molecular complexity index is 480. The summed E-state index contributed by atoms with van der Waals surface area (Å²) < 4.78 is 0. The van der Waals surface area contributed by atoms with Gasteiger partial charge in [-0.25, -0.2) is 0 Å². The molecule has 1 heterocycles. The second-order valence-corrected chi connectivity index (χ2v) is 6.20. The molecule has 1 N–H and O–H groups in total. The number of carbonyl (C=O) groups excluding carboxylic acids is 1. The van der Waals surface area contributed by atoms with Crippen LogP contribution in [0.15, 0.2) is 24.3 Å². The summed E-state index contributed by atoms with van der Waals surface area (Å²) in [7, 11) is 1.96. The maximum Gasteiger partial charge on any atom is 0.230 e. The molecule has 0 aromatic heterocycles. The van der Waals surface area contributed by atoms with Crippen LogP contribution < -0.4 is 5.32 Å². The third-order valence-corrected chi connectivity index (χ3v) is 4.86. The fraction of sp³-hybridized carbons (Fsp3) is 0.588. The minimum absolute atomic E-state index is 0.115. The van der Waals surface area contributed by atoms with Gasteiger partial charge in [0.2, 0.25) is 5.91 Å². The Kier molecular flexibility index (Phi) is 4.06. The van der Waals surface area contributed by atoms with Gasteiger partial charge in [-0.2, -0.15) is 0 Å². The van der Waals surface area contributed by atoms with Crippen LogP contribution in [-0.2, 0) is 11.2 Å². The maximum absolute atomic E-state index is 12.5. The molecule has 0 bridgehead atoms. The van der Waals surface area contributed by atoms with Gasteiger partial charge in [0, 0.05) is 13.6 Å². The lowest BCUT2D eigenvalue weighted by atomic mass is 9.77. The zero-order valence-corrected chi connectivity index (χ0v) is 12.3. The lowest BCUT2D eigenvalue weighted by molar-refractivity contribution is -0.132. The molecule has 1 amide bonds. The van der Waals surface area contributed by atoms with E-state index in [0.29, 0.717) is 5.91 Å². The Morgan fingerprint density at radius 3 is 2.80 bits per heavy atom. The second kappa shape index (κ2) is 5.96. The number of amides is 1. The second-order valence-electron chi connectivity index (χ2n) is 6.20. The molecule has 20 heavy (non-hydrogen) atoms. The number of hydrogen-bond donors (Lipinski definition) is 1. The van der Waals surface area contributed by atoms with Gasteiger partial charge < -0.3 is 10.2 Å². The van der Waals surface area contributed by atoms with E-state index in [0.717, 1.165) is 38.4 Å². The first kappa shape index (κ1) is 13.6. The summed E-state index contributed by atoms with van der Waals surface area (Å²) in [4.78, 5) is 14.4. The molecule has 0 saturated carbocycles. The SMILES string of the molecule is CN(CCC1CCNCC1)C(=O)C1Cc2ccccc21. The first-order valence-corrected chi connectivity index (χ1v) is 7.79. The van der Waals surface area contributed by atoms with Crippen LogP contribution in [0.3, 0.4) is 0 Å². The first-order chi connectivity index (χ1) is 9.75. The van der Waals surface area contributed by atoms with E-state index in [4.69, 9.17) is 0 Å². The molecule has 1 aromatic carbocycles. The molecule has 3 nitrogen and oxygen atoms in total. The standard InChI is InChI=1S/C17H24N2O/c1-19(11-8-13-6-9-18-10-7-13)17(20)16-12-14-4-2-3-5-15(14)16/h2-5,13,16,18H,6-12H2,1H3. The van der Waals surface area contributed by atoms with Crippen molar-refractivity contribution in [3.63, 3.8) is 0 Å². The quantitative estimate of drug-likeness (QED) is 0.911. The molecule has 1 aliphatic heterocycles. The number of rotatable bonds is 4. The van der Waals surface area contributed by atoms with Gasteiger partial charge in [-0.1, -0.05) is 24.3 Å². The summed E-state index contributed by atoms with van der Waals surface area (Å²) in [6, 6.07) is 8.32. The fourth-order valence-electron chi connectivity index (χ4n) is 3.40. The van der Waals surface area contributed by atoms with Crippen molar-refractivity contribution in [1.29, 1.82) is 0 Å². The van der Waals surface area contributed by atoms with Crippen molar-refractivity contribution in [3.8, 4) is 0 Å². The van der Waals surface area contributed by atoms with Crippen LogP contribution in [0.4, 0.5) is 0 Å². The van der Waals surface area contributed by atoms with Crippen LogP contribution in [0.25, 0.3) is 0 Å². The third kappa shape index (κ3) is 2.73. The lowest BCUT2D eigenvalue weighted by Crippen LogP contribution is -2.38. The molecule has 108 valence electrons. The molecule has 1 fully saturated rings. The van der Waals surface area contributed by atoms with Gasteiger partial charge in [0.25, 0.3) is 0 Å². The number of piperidine rings is 1. The summed E-state index contributed by atoms with van der Waals surface area (Å²) in [5.41, 5.74) is 2.59.